The van der Waals surface area contributed by atoms with Crippen LogP contribution in [0.2, 0.25) is 0 Å². The molecular formula is C15H15NO4. The first-order valence-electron chi connectivity index (χ1n) is 6.45. The van der Waals surface area contributed by atoms with Crippen molar-refractivity contribution in [3.8, 4) is 5.75 Å². The zero-order valence-corrected chi connectivity index (χ0v) is 11.1. The summed E-state index contributed by atoms with van der Waals surface area (Å²) < 4.78 is 10.5. The van der Waals surface area contributed by atoms with Gasteiger partial charge >= 0.3 is 5.97 Å². The minimum atomic E-state index is -0.426. The van der Waals surface area contributed by atoms with Crippen molar-refractivity contribution in [2.75, 3.05) is 20.2 Å². The fraction of sp³-hybridized carbons (Fsp3) is 0.333. The summed E-state index contributed by atoms with van der Waals surface area (Å²) in [7, 11) is 1.32. The zero-order valence-electron chi connectivity index (χ0n) is 11.1. The van der Waals surface area contributed by atoms with Gasteiger partial charge in [0.05, 0.1) is 19.1 Å². The first-order valence-corrected chi connectivity index (χ1v) is 6.45. The maximum atomic E-state index is 12.2. The van der Waals surface area contributed by atoms with Gasteiger partial charge in [-0.25, -0.2) is 4.79 Å². The van der Waals surface area contributed by atoms with E-state index in [0.29, 0.717) is 30.8 Å². The van der Waals surface area contributed by atoms with Gasteiger partial charge in [0.1, 0.15) is 11.4 Å². The number of esters is 1. The van der Waals surface area contributed by atoms with E-state index in [-0.39, 0.29) is 11.4 Å². The molecule has 20 heavy (non-hydrogen) atoms. The van der Waals surface area contributed by atoms with Gasteiger partial charge in [-0.1, -0.05) is 6.07 Å². The third-order valence-corrected chi connectivity index (χ3v) is 3.62. The van der Waals surface area contributed by atoms with E-state index in [1.807, 2.05) is 6.07 Å². The fourth-order valence-corrected chi connectivity index (χ4v) is 2.45. The Morgan fingerprint density at radius 3 is 2.90 bits per heavy atom. The van der Waals surface area contributed by atoms with Gasteiger partial charge in [0, 0.05) is 19.2 Å². The van der Waals surface area contributed by atoms with Crippen LogP contribution in [0.1, 0.15) is 22.3 Å². The number of carbonyl (C=O) groups excluding carboxylic acids is 2. The lowest BCUT2D eigenvalue weighted by Gasteiger charge is -2.44. The van der Waals surface area contributed by atoms with Gasteiger partial charge in [-0.3, -0.25) is 4.79 Å². The molecule has 5 nitrogen and oxygen atoms in total. The molecule has 1 saturated heterocycles. The molecule has 0 aliphatic carbocycles. The van der Waals surface area contributed by atoms with Gasteiger partial charge in [-0.05, 0) is 23.8 Å². The monoisotopic (exact) mass is 273 g/mol. The molecule has 3 rings (SSSR count). The number of hydrogen-bond acceptors (Lipinski definition) is 5. The predicted molar refractivity (Wildman–Crippen MR) is 72.7 cm³/mol. The molecule has 2 aliphatic rings. The molecule has 104 valence electrons. The molecule has 2 heterocycles. The second-order valence-corrected chi connectivity index (χ2v) is 5.10. The summed E-state index contributed by atoms with van der Waals surface area (Å²) in [6.07, 6.45) is 3.35. The molecule has 1 N–H and O–H groups in total. The highest BCUT2D eigenvalue weighted by Gasteiger charge is 2.45. The molecule has 1 aromatic carbocycles. The summed E-state index contributed by atoms with van der Waals surface area (Å²) in [4.78, 5) is 23.3. The second-order valence-electron chi connectivity index (χ2n) is 5.10. The van der Waals surface area contributed by atoms with Crippen LogP contribution in [0.5, 0.6) is 5.75 Å². The van der Waals surface area contributed by atoms with Crippen LogP contribution < -0.4 is 10.1 Å². The number of ketones is 1. The Morgan fingerprint density at radius 1 is 1.45 bits per heavy atom. The summed E-state index contributed by atoms with van der Waals surface area (Å²) >= 11 is 0. The smallest absolute Gasteiger partial charge is 0.330 e. The molecule has 1 aromatic rings. The van der Waals surface area contributed by atoms with E-state index < -0.39 is 5.97 Å². The SMILES string of the molecule is COC(=O)C=Cc1ccc2c(c1)C(=O)CC1(CNC1)O2. The molecule has 0 bridgehead atoms. The van der Waals surface area contributed by atoms with Gasteiger partial charge in [0.2, 0.25) is 0 Å². The van der Waals surface area contributed by atoms with E-state index in [4.69, 9.17) is 4.74 Å². The van der Waals surface area contributed by atoms with Crippen LogP contribution in [0.4, 0.5) is 0 Å². The highest BCUT2D eigenvalue weighted by molar-refractivity contribution is 6.01. The average Bonchev–Trinajstić information content (AvgIpc) is 2.43. The third kappa shape index (κ3) is 2.20. The second kappa shape index (κ2) is 4.76. The van der Waals surface area contributed by atoms with Crippen LogP contribution >= 0.6 is 0 Å². The number of hydrogen-bond donors (Lipinski definition) is 1. The Hall–Kier alpha value is -2.14. The average molecular weight is 273 g/mol. The standard InChI is InChI=1S/C15H15NO4/c1-19-14(18)5-3-10-2-4-13-11(6-10)12(17)7-15(20-13)8-16-9-15/h2-6,16H,7-9H2,1H3. The van der Waals surface area contributed by atoms with Crippen molar-refractivity contribution in [1.29, 1.82) is 0 Å². The molecule has 0 unspecified atom stereocenters. The number of rotatable bonds is 2. The first-order chi connectivity index (χ1) is 9.62. The number of ether oxygens (including phenoxy) is 2. The van der Waals surface area contributed by atoms with Crippen molar-refractivity contribution in [3.05, 3.63) is 35.4 Å². The number of fused-ring (bicyclic) bond motifs is 1. The van der Waals surface area contributed by atoms with Crippen molar-refractivity contribution in [2.45, 2.75) is 12.0 Å². The largest absolute Gasteiger partial charge is 0.483 e. The fourth-order valence-electron chi connectivity index (χ4n) is 2.45. The van der Waals surface area contributed by atoms with Gasteiger partial charge in [-0.2, -0.15) is 0 Å². The van der Waals surface area contributed by atoms with Crippen LogP contribution in [0.25, 0.3) is 6.08 Å². The molecule has 2 aliphatic heterocycles. The Balaban J connectivity index is 1.86. The number of Topliss-reactive ketones (excluding diaryl/α,β-unsaturated/α-hetero) is 1. The van der Waals surface area contributed by atoms with Crippen molar-refractivity contribution >= 4 is 17.8 Å². The molecule has 0 atom stereocenters. The van der Waals surface area contributed by atoms with E-state index in [9.17, 15) is 9.59 Å². The van der Waals surface area contributed by atoms with Crippen molar-refractivity contribution in [3.63, 3.8) is 0 Å². The Kier molecular flexibility index (Phi) is 3.06. The Bertz CT molecular complexity index is 602. The van der Waals surface area contributed by atoms with Crippen molar-refractivity contribution in [2.24, 2.45) is 0 Å². The lowest BCUT2D eigenvalue weighted by Crippen LogP contribution is -2.65. The summed E-state index contributed by atoms with van der Waals surface area (Å²) in [6.45, 7) is 1.42. The van der Waals surface area contributed by atoms with E-state index in [1.54, 1.807) is 18.2 Å². The number of methoxy groups -OCH3 is 1. The maximum absolute atomic E-state index is 12.2. The van der Waals surface area contributed by atoms with Crippen LogP contribution in [0.15, 0.2) is 24.3 Å². The third-order valence-electron chi connectivity index (χ3n) is 3.62. The van der Waals surface area contributed by atoms with Gasteiger partial charge < -0.3 is 14.8 Å². The summed E-state index contributed by atoms with van der Waals surface area (Å²) in [5, 5.41) is 3.13. The molecule has 1 spiro atoms. The number of benzene rings is 1. The Morgan fingerprint density at radius 2 is 2.25 bits per heavy atom. The van der Waals surface area contributed by atoms with Gasteiger partial charge in [0.25, 0.3) is 0 Å². The molecule has 0 saturated carbocycles. The number of carbonyl (C=O) groups is 2. The first kappa shape index (κ1) is 12.9. The summed E-state index contributed by atoms with van der Waals surface area (Å²) in [5.41, 5.74) is 0.997. The molecule has 0 amide bonds. The van der Waals surface area contributed by atoms with Crippen LogP contribution in [-0.2, 0) is 9.53 Å². The van der Waals surface area contributed by atoms with Crippen LogP contribution in [0.3, 0.4) is 0 Å². The van der Waals surface area contributed by atoms with E-state index in [1.165, 1.54) is 13.2 Å². The minimum Gasteiger partial charge on any atom is -0.483 e. The molecule has 1 fully saturated rings. The molecule has 5 heteroatoms. The molecule has 0 aromatic heterocycles. The van der Waals surface area contributed by atoms with Crippen LogP contribution in [0, 0.1) is 0 Å². The van der Waals surface area contributed by atoms with E-state index in [2.05, 4.69) is 10.1 Å². The predicted octanol–water partition coefficient (Wildman–Crippen LogP) is 1.18. The summed E-state index contributed by atoms with van der Waals surface area (Å²) in [5.74, 6) is 0.281. The van der Waals surface area contributed by atoms with Gasteiger partial charge in [-0.15, -0.1) is 0 Å². The zero-order chi connectivity index (χ0) is 14.2. The summed E-state index contributed by atoms with van der Waals surface area (Å²) in [6, 6.07) is 5.34. The molecule has 0 radical (unpaired) electrons. The normalized spacial score (nSPS) is 19.4. The molecular weight excluding hydrogens is 258 g/mol. The lowest BCUT2D eigenvalue weighted by molar-refractivity contribution is -0.134. The van der Waals surface area contributed by atoms with E-state index in [0.717, 1.165) is 5.56 Å². The minimum absolute atomic E-state index is 0.0843. The topological polar surface area (TPSA) is 64.6 Å². The maximum Gasteiger partial charge on any atom is 0.330 e. The van der Waals surface area contributed by atoms with Crippen molar-refractivity contribution < 1.29 is 19.1 Å². The number of nitrogens with one attached hydrogen (secondary N) is 1. The van der Waals surface area contributed by atoms with Crippen LogP contribution in [-0.4, -0.2) is 37.6 Å². The van der Waals surface area contributed by atoms with Crippen molar-refractivity contribution in [1.82, 2.24) is 5.32 Å². The van der Waals surface area contributed by atoms with Gasteiger partial charge in [0.15, 0.2) is 5.78 Å². The highest BCUT2D eigenvalue weighted by atomic mass is 16.5. The van der Waals surface area contributed by atoms with E-state index >= 15 is 0 Å². The Labute approximate surface area is 116 Å². The highest BCUT2D eigenvalue weighted by Crippen LogP contribution is 2.36. The quantitative estimate of drug-likeness (QED) is 0.647. The lowest BCUT2D eigenvalue weighted by atomic mass is 9.85.